The summed E-state index contributed by atoms with van der Waals surface area (Å²) in [5.41, 5.74) is 2.33. The molecule has 5 nitrogen and oxygen atoms in total. The van der Waals surface area contributed by atoms with Crippen molar-refractivity contribution in [1.29, 1.82) is 0 Å². The lowest BCUT2D eigenvalue weighted by atomic mass is 9.98. The third-order valence-electron chi connectivity index (χ3n) is 3.32. The van der Waals surface area contributed by atoms with E-state index in [0.717, 1.165) is 5.56 Å². The Labute approximate surface area is 109 Å². The lowest BCUT2D eigenvalue weighted by molar-refractivity contribution is 0.0909. The van der Waals surface area contributed by atoms with Crippen LogP contribution in [0.15, 0.2) is 24.4 Å². The predicted octanol–water partition coefficient (Wildman–Crippen LogP) is 2.13. The van der Waals surface area contributed by atoms with E-state index in [1.165, 1.54) is 18.2 Å². The predicted molar refractivity (Wildman–Crippen MR) is 67.0 cm³/mol. The van der Waals surface area contributed by atoms with Crippen molar-refractivity contribution in [2.24, 2.45) is 0 Å². The first-order chi connectivity index (χ1) is 9.08. The van der Waals surface area contributed by atoms with Crippen LogP contribution >= 0.6 is 0 Å². The number of fused-ring (bicyclic) bond motifs is 1. The molecule has 1 atom stereocenters. The topological polar surface area (TPSA) is 82.8 Å². The number of phenols is 2. The zero-order chi connectivity index (χ0) is 13.6. The summed E-state index contributed by atoms with van der Waals surface area (Å²) in [5.74, 6) is 0.127. The summed E-state index contributed by atoms with van der Waals surface area (Å²) in [6.45, 7) is 2.02. The summed E-state index contributed by atoms with van der Waals surface area (Å²) in [5, 5.41) is 29.5. The highest BCUT2D eigenvalue weighted by Crippen LogP contribution is 2.44. The number of rotatable bonds is 1. The summed E-state index contributed by atoms with van der Waals surface area (Å²) in [7, 11) is 0. The molecular weight excluding hydrogens is 246 g/mol. The monoisotopic (exact) mass is 259 g/mol. The molecule has 1 aliphatic heterocycles. The zero-order valence-electron chi connectivity index (χ0n) is 10.3. The Hall–Kier alpha value is -2.27. The Kier molecular flexibility index (Phi) is 2.57. The van der Waals surface area contributed by atoms with Crippen molar-refractivity contribution >= 4 is 0 Å². The Morgan fingerprint density at radius 3 is 2.84 bits per heavy atom. The van der Waals surface area contributed by atoms with Crippen LogP contribution in [0.5, 0.6) is 17.2 Å². The number of phenolic OH excluding ortho intramolecular Hbond substituents is 2. The molecule has 2 heterocycles. The average molecular weight is 259 g/mol. The number of benzene rings is 1. The van der Waals surface area contributed by atoms with Crippen molar-refractivity contribution in [1.82, 2.24) is 4.98 Å². The molecule has 0 amide bonds. The maximum Gasteiger partial charge on any atom is 0.143 e. The van der Waals surface area contributed by atoms with E-state index in [-0.39, 0.29) is 17.2 Å². The van der Waals surface area contributed by atoms with Crippen LogP contribution in [0, 0.1) is 6.92 Å². The second kappa shape index (κ2) is 4.13. The first-order valence-corrected chi connectivity index (χ1v) is 5.88. The summed E-state index contributed by atoms with van der Waals surface area (Å²) >= 11 is 0. The minimum atomic E-state index is -0.594. The van der Waals surface area contributed by atoms with Gasteiger partial charge in [-0.2, -0.15) is 0 Å². The third kappa shape index (κ3) is 1.79. The molecule has 0 spiro atoms. The molecule has 0 fully saturated rings. The van der Waals surface area contributed by atoms with Crippen molar-refractivity contribution in [2.75, 3.05) is 0 Å². The molecule has 5 heteroatoms. The van der Waals surface area contributed by atoms with Gasteiger partial charge in [0.1, 0.15) is 23.4 Å². The summed E-state index contributed by atoms with van der Waals surface area (Å²) in [6.07, 6.45) is 1.06. The number of pyridine rings is 1. The SMILES string of the molecule is Cc1ncc2c(c1O)C(c1cc(O)ccc1O)OC2. The van der Waals surface area contributed by atoms with Gasteiger partial charge in [0.2, 0.25) is 0 Å². The molecule has 1 aromatic heterocycles. The zero-order valence-corrected chi connectivity index (χ0v) is 10.3. The lowest BCUT2D eigenvalue weighted by Gasteiger charge is -2.15. The van der Waals surface area contributed by atoms with Crippen LogP contribution in [0.3, 0.4) is 0 Å². The van der Waals surface area contributed by atoms with E-state index in [1.807, 2.05) is 0 Å². The van der Waals surface area contributed by atoms with Crippen LogP contribution in [-0.2, 0) is 11.3 Å². The molecule has 3 N–H and O–H groups in total. The highest BCUT2D eigenvalue weighted by molar-refractivity contribution is 5.52. The Morgan fingerprint density at radius 1 is 1.26 bits per heavy atom. The van der Waals surface area contributed by atoms with Gasteiger partial charge in [-0.3, -0.25) is 4.98 Å². The molecule has 0 saturated carbocycles. The minimum absolute atomic E-state index is 0.0181. The molecule has 2 aromatic rings. The molecule has 1 unspecified atom stereocenters. The summed E-state index contributed by atoms with van der Waals surface area (Å²) in [4.78, 5) is 4.08. The van der Waals surface area contributed by atoms with E-state index in [1.54, 1.807) is 13.1 Å². The van der Waals surface area contributed by atoms with Gasteiger partial charge in [0, 0.05) is 22.9 Å². The quantitative estimate of drug-likeness (QED) is 0.683. The first kappa shape index (κ1) is 11.8. The van der Waals surface area contributed by atoms with Gasteiger partial charge in [0.05, 0.1) is 12.3 Å². The van der Waals surface area contributed by atoms with Crippen LogP contribution in [0.4, 0.5) is 0 Å². The highest BCUT2D eigenvalue weighted by atomic mass is 16.5. The molecule has 19 heavy (non-hydrogen) atoms. The Balaban J connectivity index is 2.17. The largest absolute Gasteiger partial charge is 0.508 e. The fraction of sp³-hybridized carbons (Fsp3) is 0.214. The van der Waals surface area contributed by atoms with Crippen LogP contribution in [0.2, 0.25) is 0 Å². The summed E-state index contributed by atoms with van der Waals surface area (Å²) in [6, 6.07) is 4.23. The number of aromatic nitrogens is 1. The fourth-order valence-electron chi connectivity index (χ4n) is 2.31. The van der Waals surface area contributed by atoms with Gasteiger partial charge in [0.15, 0.2) is 0 Å². The van der Waals surface area contributed by atoms with Crippen molar-refractivity contribution in [2.45, 2.75) is 19.6 Å². The molecule has 3 rings (SSSR count). The number of hydrogen-bond acceptors (Lipinski definition) is 5. The van der Waals surface area contributed by atoms with Crippen molar-refractivity contribution < 1.29 is 20.1 Å². The number of nitrogens with zero attached hydrogens (tertiary/aromatic N) is 1. The van der Waals surface area contributed by atoms with Gasteiger partial charge in [-0.25, -0.2) is 0 Å². The van der Waals surface area contributed by atoms with E-state index in [0.29, 0.717) is 23.4 Å². The van der Waals surface area contributed by atoms with Gasteiger partial charge in [-0.15, -0.1) is 0 Å². The van der Waals surface area contributed by atoms with Gasteiger partial charge >= 0.3 is 0 Å². The second-order valence-electron chi connectivity index (χ2n) is 4.57. The van der Waals surface area contributed by atoms with E-state index < -0.39 is 6.10 Å². The smallest absolute Gasteiger partial charge is 0.143 e. The molecular formula is C14H13NO4. The van der Waals surface area contributed by atoms with E-state index >= 15 is 0 Å². The highest BCUT2D eigenvalue weighted by Gasteiger charge is 2.31. The van der Waals surface area contributed by atoms with Crippen LogP contribution in [0.1, 0.15) is 28.5 Å². The van der Waals surface area contributed by atoms with Crippen LogP contribution < -0.4 is 0 Å². The maximum atomic E-state index is 10.1. The standard InChI is InChI=1S/C14H13NO4/c1-7-13(18)12-8(5-15-7)6-19-14(12)10-4-9(16)2-3-11(10)17/h2-5,14,16-18H,6H2,1H3. The number of aromatic hydroxyl groups is 3. The number of hydrogen-bond donors (Lipinski definition) is 3. The fourth-order valence-corrected chi connectivity index (χ4v) is 2.31. The van der Waals surface area contributed by atoms with Crippen LogP contribution in [-0.4, -0.2) is 20.3 Å². The van der Waals surface area contributed by atoms with Crippen molar-refractivity contribution in [3.05, 3.63) is 46.8 Å². The third-order valence-corrected chi connectivity index (χ3v) is 3.32. The molecule has 0 bridgehead atoms. The van der Waals surface area contributed by atoms with E-state index in [2.05, 4.69) is 4.98 Å². The molecule has 0 aliphatic carbocycles. The normalized spacial score (nSPS) is 17.4. The summed E-state index contributed by atoms with van der Waals surface area (Å²) < 4.78 is 5.61. The molecule has 98 valence electrons. The van der Waals surface area contributed by atoms with Crippen LogP contribution in [0.25, 0.3) is 0 Å². The van der Waals surface area contributed by atoms with E-state index in [4.69, 9.17) is 4.74 Å². The number of aryl methyl sites for hydroxylation is 1. The minimum Gasteiger partial charge on any atom is -0.508 e. The molecule has 1 aromatic carbocycles. The van der Waals surface area contributed by atoms with E-state index in [9.17, 15) is 15.3 Å². The lowest BCUT2D eigenvalue weighted by Crippen LogP contribution is -2.00. The first-order valence-electron chi connectivity index (χ1n) is 5.88. The molecule has 1 aliphatic rings. The number of ether oxygens (including phenoxy) is 1. The van der Waals surface area contributed by atoms with Crippen molar-refractivity contribution in [3.8, 4) is 17.2 Å². The van der Waals surface area contributed by atoms with Crippen molar-refractivity contribution in [3.63, 3.8) is 0 Å². The average Bonchev–Trinajstić information content (AvgIpc) is 2.81. The Morgan fingerprint density at radius 2 is 2.05 bits per heavy atom. The van der Waals surface area contributed by atoms with Gasteiger partial charge in [-0.05, 0) is 25.1 Å². The molecule has 0 radical (unpaired) electrons. The Bertz CT molecular complexity index is 654. The molecule has 0 saturated heterocycles. The maximum absolute atomic E-state index is 10.1. The van der Waals surface area contributed by atoms with Gasteiger partial charge in [-0.1, -0.05) is 0 Å². The second-order valence-corrected chi connectivity index (χ2v) is 4.57. The van der Waals surface area contributed by atoms with Gasteiger partial charge in [0.25, 0.3) is 0 Å². The van der Waals surface area contributed by atoms with Gasteiger partial charge < -0.3 is 20.1 Å².